The molecule has 0 amide bonds. The predicted molar refractivity (Wildman–Crippen MR) is 65.8 cm³/mol. The first-order valence-electron chi connectivity index (χ1n) is 6.38. The number of hydrogen-bond acceptors (Lipinski definition) is 1. The van der Waals surface area contributed by atoms with Crippen LogP contribution in [0.5, 0.6) is 0 Å². The van der Waals surface area contributed by atoms with Gasteiger partial charge in [0.15, 0.2) is 0 Å². The Morgan fingerprint density at radius 3 is 1.50 bits per heavy atom. The van der Waals surface area contributed by atoms with Gasteiger partial charge < -0.3 is 4.74 Å². The molecule has 0 saturated heterocycles. The molecule has 0 rings (SSSR count). The van der Waals surface area contributed by atoms with Crippen LogP contribution in [0.2, 0.25) is 0 Å². The molecular weight excluding hydrogens is 172 g/mol. The molecule has 14 heavy (non-hydrogen) atoms. The first kappa shape index (κ1) is 16.4. The average molecular weight is 202 g/mol. The Bertz CT molecular complexity index is 82.4. The highest BCUT2D eigenvalue weighted by Crippen LogP contribution is 2.27. The maximum absolute atomic E-state index is 5.86. The highest BCUT2D eigenvalue weighted by Gasteiger charge is 2.25. The largest absolute Gasteiger partial charge is 0.375 e. The molecule has 0 radical (unpaired) electrons. The summed E-state index contributed by atoms with van der Waals surface area (Å²) in [7, 11) is 0. The van der Waals surface area contributed by atoms with Gasteiger partial charge in [-0.15, -0.1) is 0 Å². The van der Waals surface area contributed by atoms with Gasteiger partial charge in [-0.25, -0.2) is 0 Å². The number of hydrogen-bond donors (Lipinski definition) is 0. The summed E-state index contributed by atoms with van der Waals surface area (Å²) >= 11 is 0. The second-order valence-electron chi connectivity index (χ2n) is 3.47. The molecule has 0 aliphatic carbocycles. The van der Waals surface area contributed by atoms with E-state index in [1.807, 2.05) is 13.8 Å². The average Bonchev–Trinajstić information content (AvgIpc) is 2.22. The van der Waals surface area contributed by atoms with Gasteiger partial charge in [0, 0.05) is 6.61 Å². The molecule has 1 heteroatoms. The van der Waals surface area contributed by atoms with Crippen LogP contribution in [-0.4, -0.2) is 12.2 Å². The molecule has 0 aromatic heterocycles. The molecule has 0 spiro atoms. The minimum atomic E-state index is 0.193. The van der Waals surface area contributed by atoms with Crippen molar-refractivity contribution in [2.45, 2.75) is 79.2 Å². The fraction of sp³-hybridized carbons (Fsp3) is 1.00. The number of rotatable bonds is 7. The van der Waals surface area contributed by atoms with E-state index >= 15 is 0 Å². The van der Waals surface area contributed by atoms with Crippen LogP contribution in [0.3, 0.4) is 0 Å². The Balaban J connectivity index is 0. The standard InChI is InChI=1S/C11H24O.C2H6/c1-5-9-11(7-3,10-6-2)12-8-4;1-2/h5-10H2,1-4H3;1-2H3. The van der Waals surface area contributed by atoms with E-state index in [0.29, 0.717) is 0 Å². The molecule has 0 heterocycles. The molecular formula is C13H30O. The third kappa shape index (κ3) is 6.42. The van der Waals surface area contributed by atoms with E-state index in [4.69, 9.17) is 4.74 Å². The SMILES string of the molecule is CC.CCCC(CC)(CCC)OCC. The Labute approximate surface area is 91.2 Å². The smallest absolute Gasteiger partial charge is 0.0679 e. The summed E-state index contributed by atoms with van der Waals surface area (Å²) in [5.41, 5.74) is 0.193. The van der Waals surface area contributed by atoms with Crippen LogP contribution in [0.25, 0.3) is 0 Å². The molecule has 0 aromatic carbocycles. The van der Waals surface area contributed by atoms with E-state index in [1.54, 1.807) is 0 Å². The summed E-state index contributed by atoms with van der Waals surface area (Å²) in [5, 5.41) is 0. The van der Waals surface area contributed by atoms with Crippen molar-refractivity contribution in [3.05, 3.63) is 0 Å². The van der Waals surface area contributed by atoms with Gasteiger partial charge in [-0.2, -0.15) is 0 Å². The Morgan fingerprint density at radius 2 is 1.29 bits per heavy atom. The molecule has 0 aromatic rings. The quantitative estimate of drug-likeness (QED) is 0.576. The summed E-state index contributed by atoms with van der Waals surface area (Å²) in [4.78, 5) is 0. The molecule has 0 unspecified atom stereocenters. The first-order chi connectivity index (χ1) is 6.74. The van der Waals surface area contributed by atoms with Crippen molar-refractivity contribution >= 4 is 0 Å². The molecule has 0 atom stereocenters. The minimum absolute atomic E-state index is 0.193. The van der Waals surface area contributed by atoms with E-state index in [2.05, 4.69) is 27.7 Å². The van der Waals surface area contributed by atoms with Crippen molar-refractivity contribution in [1.82, 2.24) is 0 Å². The normalized spacial score (nSPS) is 10.7. The molecule has 0 bridgehead atoms. The summed E-state index contributed by atoms with van der Waals surface area (Å²) in [6.07, 6.45) is 6.04. The monoisotopic (exact) mass is 202 g/mol. The summed E-state index contributed by atoms with van der Waals surface area (Å²) < 4.78 is 5.86. The van der Waals surface area contributed by atoms with Crippen molar-refractivity contribution in [1.29, 1.82) is 0 Å². The maximum Gasteiger partial charge on any atom is 0.0679 e. The molecule has 0 aliphatic heterocycles. The van der Waals surface area contributed by atoms with Crippen LogP contribution in [0.4, 0.5) is 0 Å². The summed E-state index contributed by atoms with van der Waals surface area (Å²) in [5.74, 6) is 0. The van der Waals surface area contributed by atoms with E-state index in [-0.39, 0.29) is 5.60 Å². The lowest BCUT2D eigenvalue weighted by molar-refractivity contribution is -0.0553. The molecule has 1 nitrogen and oxygen atoms in total. The van der Waals surface area contributed by atoms with E-state index in [1.165, 1.54) is 25.7 Å². The first-order valence-corrected chi connectivity index (χ1v) is 6.38. The maximum atomic E-state index is 5.86. The highest BCUT2D eigenvalue weighted by molar-refractivity contribution is 4.78. The van der Waals surface area contributed by atoms with E-state index < -0.39 is 0 Å². The fourth-order valence-electron chi connectivity index (χ4n) is 1.94. The van der Waals surface area contributed by atoms with Crippen LogP contribution in [0.15, 0.2) is 0 Å². The minimum Gasteiger partial charge on any atom is -0.375 e. The van der Waals surface area contributed by atoms with Gasteiger partial charge in [-0.3, -0.25) is 0 Å². The molecule has 0 N–H and O–H groups in total. The van der Waals surface area contributed by atoms with Crippen molar-refractivity contribution in [2.75, 3.05) is 6.61 Å². The predicted octanol–water partition coefficient (Wildman–Crippen LogP) is 4.80. The zero-order chi connectivity index (χ0) is 11.4. The van der Waals surface area contributed by atoms with E-state index in [9.17, 15) is 0 Å². The number of ether oxygens (including phenoxy) is 1. The van der Waals surface area contributed by atoms with Gasteiger partial charge in [0.1, 0.15) is 0 Å². The summed E-state index contributed by atoms with van der Waals surface area (Å²) in [6, 6.07) is 0. The lowest BCUT2D eigenvalue weighted by atomic mass is 9.90. The topological polar surface area (TPSA) is 9.23 Å². The zero-order valence-electron chi connectivity index (χ0n) is 11.2. The summed E-state index contributed by atoms with van der Waals surface area (Å²) in [6.45, 7) is 13.7. The Morgan fingerprint density at radius 1 is 0.857 bits per heavy atom. The lowest BCUT2D eigenvalue weighted by Gasteiger charge is -2.32. The fourth-order valence-corrected chi connectivity index (χ4v) is 1.94. The van der Waals surface area contributed by atoms with Crippen LogP contribution in [-0.2, 0) is 4.74 Å². The third-order valence-corrected chi connectivity index (χ3v) is 2.51. The van der Waals surface area contributed by atoms with Crippen LogP contribution in [0.1, 0.15) is 73.6 Å². The zero-order valence-corrected chi connectivity index (χ0v) is 11.2. The van der Waals surface area contributed by atoms with Gasteiger partial charge in [-0.1, -0.05) is 47.5 Å². The van der Waals surface area contributed by atoms with Gasteiger partial charge in [-0.05, 0) is 26.2 Å². The molecule has 0 aliphatic rings. The van der Waals surface area contributed by atoms with Gasteiger partial charge >= 0.3 is 0 Å². The third-order valence-electron chi connectivity index (χ3n) is 2.51. The Hall–Kier alpha value is -0.0400. The lowest BCUT2D eigenvalue weighted by Crippen LogP contribution is -2.31. The van der Waals surface area contributed by atoms with Gasteiger partial charge in [0.25, 0.3) is 0 Å². The van der Waals surface area contributed by atoms with Gasteiger partial charge in [0.2, 0.25) is 0 Å². The van der Waals surface area contributed by atoms with Crippen molar-refractivity contribution in [3.8, 4) is 0 Å². The second-order valence-corrected chi connectivity index (χ2v) is 3.47. The molecule has 88 valence electrons. The van der Waals surface area contributed by atoms with E-state index in [0.717, 1.165) is 13.0 Å². The van der Waals surface area contributed by atoms with Crippen molar-refractivity contribution in [2.24, 2.45) is 0 Å². The van der Waals surface area contributed by atoms with Crippen molar-refractivity contribution in [3.63, 3.8) is 0 Å². The molecule has 0 fully saturated rings. The van der Waals surface area contributed by atoms with Crippen LogP contribution >= 0.6 is 0 Å². The van der Waals surface area contributed by atoms with Crippen LogP contribution in [0, 0.1) is 0 Å². The molecule has 0 saturated carbocycles. The van der Waals surface area contributed by atoms with Gasteiger partial charge in [0.05, 0.1) is 5.60 Å². The van der Waals surface area contributed by atoms with Crippen molar-refractivity contribution < 1.29 is 4.74 Å². The Kier molecular flexibility index (Phi) is 12.9. The van der Waals surface area contributed by atoms with Crippen LogP contribution < -0.4 is 0 Å². The highest BCUT2D eigenvalue weighted by atomic mass is 16.5. The second kappa shape index (κ2) is 11.0.